The van der Waals surface area contributed by atoms with Crippen LogP contribution in [0.15, 0.2) is 18.2 Å². The van der Waals surface area contributed by atoms with E-state index in [1.54, 1.807) is 25.1 Å². The van der Waals surface area contributed by atoms with Gasteiger partial charge in [-0.2, -0.15) is 5.26 Å². The molecule has 0 amide bonds. The molecule has 0 saturated carbocycles. The van der Waals surface area contributed by atoms with E-state index in [2.05, 4.69) is 10.3 Å². The molecule has 0 aliphatic carbocycles. The second kappa shape index (κ2) is 5.30. The van der Waals surface area contributed by atoms with Crippen LogP contribution in [0.5, 0.6) is 0 Å². The van der Waals surface area contributed by atoms with E-state index in [4.69, 9.17) is 5.26 Å². The minimum atomic E-state index is -1.06. The summed E-state index contributed by atoms with van der Waals surface area (Å²) in [4.78, 5) is 15.2. The molecule has 1 heterocycles. The molecule has 0 fully saturated rings. The van der Waals surface area contributed by atoms with Crippen LogP contribution in [0, 0.1) is 11.3 Å². The second-order valence-electron chi connectivity index (χ2n) is 4.03. The lowest BCUT2D eigenvalue weighted by atomic mass is 9.96. The lowest BCUT2D eigenvalue weighted by molar-refractivity contribution is -0.142. The van der Waals surface area contributed by atoms with E-state index >= 15 is 0 Å². The highest BCUT2D eigenvalue weighted by Crippen LogP contribution is 2.19. The highest BCUT2D eigenvalue weighted by Gasteiger charge is 2.32. The Morgan fingerprint density at radius 3 is 2.88 bits per heavy atom. The van der Waals surface area contributed by atoms with Crippen molar-refractivity contribution in [2.75, 3.05) is 5.32 Å². The van der Waals surface area contributed by atoms with E-state index in [1.807, 2.05) is 13.0 Å². The lowest BCUT2D eigenvalue weighted by Crippen LogP contribution is -2.43. The predicted octanol–water partition coefficient (Wildman–Crippen LogP) is 2.01. The van der Waals surface area contributed by atoms with Crippen LogP contribution >= 0.6 is 0 Å². The van der Waals surface area contributed by atoms with Gasteiger partial charge in [-0.1, -0.05) is 19.4 Å². The maximum Gasteiger partial charge on any atom is 0.329 e. The predicted molar refractivity (Wildman–Crippen MR) is 63.5 cm³/mol. The number of hydrogen-bond donors (Lipinski definition) is 2. The molecule has 0 radical (unpaired) electrons. The van der Waals surface area contributed by atoms with Crippen LogP contribution in [-0.2, 0) is 4.79 Å². The number of nitriles is 1. The third-order valence-corrected chi connectivity index (χ3v) is 2.49. The van der Waals surface area contributed by atoms with Crippen molar-refractivity contribution in [3.8, 4) is 6.07 Å². The van der Waals surface area contributed by atoms with Gasteiger partial charge >= 0.3 is 5.97 Å². The largest absolute Gasteiger partial charge is 0.480 e. The Hall–Kier alpha value is -2.09. The molecule has 90 valence electrons. The molecule has 2 N–H and O–H groups in total. The zero-order valence-electron chi connectivity index (χ0n) is 9.90. The fourth-order valence-electron chi connectivity index (χ4n) is 1.57. The molecule has 0 saturated heterocycles. The maximum atomic E-state index is 11.2. The van der Waals surface area contributed by atoms with Crippen LogP contribution in [-0.4, -0.2) is 21.6 Å². The summed E-state index contributed by atoms with van der Waals surface area (Å²) in [5.41, 5.74) is -0.797. The number of nitrogens with one attached hydrogen (secondary N) is 1. The van der Waals surface area contributed by atoms with E-state index < -0.39 is 11.5 Å². The SMILES string of the molecule is CCCC(C)(Nc1cccc(C#N)n1)C(=O)O. The normalized spacial score (nSPS) is 13.5. The van der Waals surface area contributed by atoms with Gasteiger partial charge in [-0.3, -0.25) is 0 Å². The number of hydrogen-bond acceptors (Lipinski definition) is 4. The molecule has 1 unspecified atom stereocenters. The van der Waals surface area contributed by atoms with E-state index in [0.717, 1.165) is 6.42 Å². The first kappa shape index (κ1) is 13.0. The van der Waals surface area contributed by atoms with Gasteiger partial charge in [-0.05, 0) is 25.5 Å². The van der Waals surface area contributed by atoms with Crippen LogP contribution in [0.1, 0.15) is 32.4 Å². The topological polar surface area (TPSA) is 86.0 Å². The van der Waals surface area contributed by atoms with Crippen LogP contribution in [0.2, 0.25) is 0 Å². The monoisotopic (exact) mass is 233 g/mol. The first-order chi connectivity index (χ1) is 8.01. The molecule has 0 bridgehead atoms. The summed E-state index contributed by atoms with van der Waals surface area (Å²) in [6, 6.07) is 6.81. The molecule has 1 aromatic heterocycles. The van der Waals surface area contributed by atoms with Gasteiger partial charge in [-0.25, -0.2) is 9.78 Å². The third-order valence-electron chi connectivity index (χ3n) is 2.49. The number of nitrogens with zero attached hydrogens (tertiary/aromatic N) is 2. The number of carboxylic acids is 1. The van der Waals surface area contributed by atoms with Gasteiger partial charge in [0.25, 0.3) is 0 Å². The number of aromatic nitrogens is 1. The minimum Gasteiger partial charge on any atom is -0.480 e. The van der Waals surface area contributed by atoms with Gasteiger partial charge in [0.05, 0.1) is 0 Å². The van der Waals surface area contributed by atoms with Crippen LogP contribution in [0.3, 0.4) is 0 Å². The summed E-state index contributed by atoms with van der Waals surface area (Å²) in [6.45, 7) is 3.53. The third kappa shape index (κ3) is 3.18. The number of carboxylic acid groups (broad SMARTS) is 1. The van der Waals surface area contributed by atoms with Crippen molar-refractivity contribution in [1.82, 2.24) is 4.98 Å². The summed E-state index contributed by atoms with van der Waals surface area (Å²) in [6.07, 6.45) is 1.23. The van der Waals surface area contributed by atoms with Crippen molar-refractivity contribution < 1.29 is 9.90 Å². The Morgan fingerprint density at radius 1 is 1.65 bits per heavy atom. The molecule has 0 aliphatic heterocycles. The van der Waals surface area contributed by atoms with Gasteiger partial charge < -0.3 is 10.4 Å². The number of anilines is 1. The van der Waals surface area contributed by atoms with Crippen molar-refractivity contribution in [3.05, 3.63) is 23.9 Å². The van der Waals surface area contributed by atoms with E-state index in [-0.39, 0.29) is 5.69 Å². The average Bonchev–Trinajstić information content (AvgIpc) is 2.29. The summed E-state index contributed by atoms with van der Waals surface area (Å²) in [5.74, 6) is -0.522. The van der Waals surface area contributed by atoms with E-state index in [9.17, 15) is 9.90 Å². The first-order valence-electron chi connectivity index (χ1n) is 5.40. The molecule has 1 atom stereocenters. The minimum absolute atomic E-state index is 0.263. The number of aliphatic carboxylic acids is 1. The fourth-order valence-corrected chi connectivity index (χ4v) is 1.57. The Labute approximate surface area is 100 Å². The first-order valence-corrected chi connectivity index (χ1v) is 5.40. The van der Waals surface area contributed by atoms with Gasteiger partial charge in [0.15, 0.2) is 0 Å². The molecule has 5 heteroatoms. The van der Waals surface area contributed by atoms with E-state index in [0.29, 0.717) is 12.2 Å². The lowest BCUT2D eigenvalue weighted by Gasteiger charge is -2.26. The highest BCUT2D eigenvalue weighted by molar-refractivity contribution is 5.81. The molecule has 17 heavy (non-hydrogen) atoms. The Morgan fingerprint density at radius 2 is 2.35 bits per heavy atom. The zero-order chi connectivity index (χ0) is 12.9. The standard InChI is InChI=1S/C12H15N3O2/c1-3-7-12(2,11(16)17)15-10-6-4-5-9(8-13)14-10/h4-6H,3,7H2,1-2H3,(H,14,15)(H,16,17). The van der Waals surface area contributed by atoms with Gasteiger partial charge in [-0.15, -0.1) is 0 Å². The molecular weight excluding hydrogens is 218 g/mol. The van der Waals surface area contributed by atoms with Crippen LogP contribution < -0.4 is 5.32 Å². The van der Waals surface area contributed by atoms with Crippen LogP contribution in [0.25, 0.3) is 0 Å². The maximum absolute atomic E-state index is 11.2. The summed E-state index contributed by atoms with van der Waals surface area (Å²) >= 11 is 0. The highest BCUT2D eigenvalue weighted by atomic mass is 16.4. The van der Waals surface area contributed by atoms with Crippen molar-refractivity contribution in [2.24, 2.45) is 0 Å². The summed E-state index contributed by atoms with van der Waals surface area (Å²) in [7, 11) is 0. The van der Waals surface area contributed by atoms with Gasteiger partial charge in [0.1, 0.15) is 23.1 Å². The van der Waals surface area contributed by atoms with Crippen LogP contribution in [0.4, 0.5) is 5.82 Å². The Balaban J connectivity index is 2.94. The summed E-state index contributed by atoms with van der Waals surface area (Å²) < 4.78 is 0. The quantitative estimate of drug-likeness (QED) is 0.812. The number of pyridine rings is 1. The molecular formula is C12H15N3O2. The summed E-state index contributed by atoms with van der Waals surface area (Å²) in [5, 5.41) is 20.8. The molecule has 0 spiro atoms. The molecule has 1 rings (SSSR count). The smallest absolute Gasteiger partial charge is 0.329 e. The zero-order valence-corrected chi connectivity index (χ0v) is 9.90. The molecule has 1 aromatic rings. The molecule has 0 aliphatic rings. The Bertz CT molecular complexity index is 453. The van der Waals surface area contributed by atoms with Crippen molar-refractivity contribution >= 4 is 11.8 Å². The van der Waals surface area contributed by atoms with Gasteiger partial charge in [0.2, 0.25) is 0 Å². The Kier molecular flexibility index (Phi) is 4.05. The second-order valence-corrected chi connectivity index (χ2v) is 4.03. The fraction of sp³-hybridized carbons (Fsp3) is 0.417. The molecule has 5 nitrogen and oxygen atoms in total. The number of carbonyl (C=O) groups is 1. The average molecular weight is 233 g/mol. The van der Waals surface area contributed by atoms with Gasteiger partial charge in [0, 0.05) is 0 Å². The van der Waals surface area contributed by atoms with Crippen molar-refractivity contribution in [3.63, 3.8) is 0 Å². The van der Waals surface area contributed by atoms with E-state index in [1.165, 1.54) is 0 Å². The molecule has 0 aromatic carbocycles. The van der Waals surface area contributed by atoms with Crippen molar-refractivity contribution in [1.29, 1.82) is 5.26 Å². The van der Waals surface area contributed by atoms with Crippen molar-refractivity contribution in [2.45, 2.75) is 32.2 Å². The number of rotatable bonds is 5.